The van der Waals surface area contributed by atoms with Gasteiger partial charge < -0.3 is 25.6 Å². The summed E-state index contributed by atoms with van der Waals surface area (Å²) in [6, 6.07) is 0. The first-order valence-corrected chi connectivity index (χ1v) is 6.34. The van der Waals surface area contributed by atoms with Crippen LogP contribution in [-0.4, -0.2) is 41.1 Å². The Morgan fingerprint density at radius 3 is 2.63 bits per heavy atom. The number of amides is 2. The molecule has 1 heterocycles. The summed E-state index contributed by atoms with van der Waals surface area (Å²) in [7, 11) is 0. The molecule has 1 rings (SSSR count). The third kappa shape index (κ3) is 5.54. The zero-order chi connectivity index (χ0) is 14.6. The van der Waals surface area contributed by atoms with Gasteiger partial charge in [-0.15, -0.1) is 0 Å². The van der Waals surface area contributed by atoms with Gasteiger partial charge in [0.05, 0.1) is 12.2 Å². The van der Waals surface area contributed by atoms with Gasteiger partial charge in [0.2, 0.25) is 11.8 Å². The van der Waals surface area contributed by atoms with Crippen molar-refractivity contribution in [1.82, 2.24) is 5.32 Å². The van der Waals surface area contributed by atoms with E-state index in [-0.39, 0.29) is 18.6 Å². The van der Waals surface area contributed by atoms with Gasteiger partial charge in [-0.1, -0.05) is 6.92 Å². The molecule has 110 valence electrons. The van der Waals surface area contributed by atoms with E-state index in [2.05, 4.69) is 5.32 Å². The summed E-state index contributed by atoms with van der Waals surface area (Å²) in [4.78, 5) is 22.0. The number of hydrogen-bond donors (Lipinski definition) is 3. The maximum absolute atomic E-state index is 11.4. The second-order valence-corrected chi connectivity index (χ2v) is 5.12. The largest absolute Gasteiger partial charge is 0.369 e. The van der Waals surface area contributed by atoms with Gasteiger partial charge >= 0.3 is 0 Å². The standard InChI is InChI=1S/C12H22N2O5/c1-4-7-8(19-12(2,3)17)5-11(18-7)14-10(16)6-9(13)15/h7-8,11,17H,4-6H2,1-3H3,(H2,13,15)(H,14,16)/t7-,8+,11-/m1/s1. The lowest BCUT2D eigenvalue weighted by molar-refractivity contribution is -0.214. The van der Waals surface area contributed by atoms with Crippen LogP contribution in [0.15, 0.2) is 0 Å². The molecule has 0 bridgehead atoms. The predicted molar refractivity (Wildman–Crippen MR) is 66.7 cm³/mol. The van der Waals surface area contributed by atoms with Crippen molar-refractivity contribution in [3.05, 3.63) is 0 Å². The van der Waals surface area contributed by atoms with Crippen LogP contribution < -0.4 is 11.1 Å². The molecule has 1 fully saturated rings. The fraction of sp³-hybridized carbons (Fsp3) is 0.833. The molecular formula is C12H22N2O5. The first-order valence-electron chi connectivity index (χ1n) is 6.34. The Bertz CT molecular complexity index is 340. The molecule has 0 saturated carbocycles. The monoisotopic (exact) mass is 274 g/mol. The molecule has 0 radical (unpaired) electrons. The maximum Gasteiger partial charge on any atom is 0.231 e. The van der Waals surface area contributed by atoms with Crippen molar-refractivity contribution in [2.24, 2.45) is 5.73 Å². The lowest BCUT2D eigenvalue weighted by atomic mass is 10.1. The van der Waals surface area contributed by atoms with Crippen LogP contribution in [0.3, 0.4) is 0 Å². The minimum Gasteiger partial charge on any atom is -0.369 e. The van der Waals surface area contributed by atoms with Crippen molar-refractivity contribution >= 4 is 11.8 Å². The Morgan fingerprint density at radius 2 is 2.16 bits per heavy atom. The van der Waals surface area contributed by atoms with E-state index in [0.29, 0.717) is 12.8 Å². The number of carbonyl (C=O) groups is 2. The molecule has 0 aromatic rings. The third-order valence-corrected chi connectivity index (χ3v) is 2.70. The summed E-state index contributed by atoms with van der Waals surface area (Å²) in [6.45, 7) is 5.01. The number of carbonyl (C=O) groups excluding carboxylic acids is 2. The molecule has 1 saturated heterocycles. The van der Waals surface area contributed by atoms with E-state index in [1.165, 1.54) is 0 Å². The molecule has 1 aliphatic heterocycles. The number of nitrogens with two attached hydrogens (primary N) is 1. The molecule has 3 atom stereocenters. The molecule has 2 amide bonds. The fourth-order valence-corrected chi connectivity index (χ4v) is 2.05. The Morgan fingerprint density at radius 1 is 1.53 bits per heavy atom. The van der Waals surface area contributed by atoms with Crippen LogP contribution in [-0.2, 0) is 19.1 Å². The second-order valence-electron chi connectivity index (χ2n) is 5.12. The summed E-state index contributed by atoms with van der Waals surface area (Å²) >= 11 is 0. The van der Waals surface area contributed by atoms with Crippen molar-refractivity contribution in [3.8, 4) is 0 Å². The second kappa shape index (κ2) is 6.31. The van der Waals surface area contributed by atoms with Gasteiger partial charge in [-0.2, -0.15) is 0 Å². The molecule has 0 spiro atoms. The molecular weight excluding hydrogens is 252 g/mol. The summed E-state index contributed by atoms with van der Waals surface area (Å²) in [5.41, 5.74) is 4.93. The Labute approximate surface area is 112 Å². The molecule has 1 aliphatic rings. The number of rotatable bonds is 6. The van der Waals surface area contributed by atoms with E-state index in [0.717, 1.165) is 0 Å². The van der Waals surface area contributed by atoms with Crippen molar-refractivity contribution in [2.75, 3.05) is 0 Å². The lowest BCUT2D eigenvalue weighted by Gasteiger charge is -2.25. The lowest BCUT2D eigenvalue weighted by Crippen LogP contribution is -2.37. The summed E-state index contributed by atoms with van der Waals surface area (Å²) in [5, 5.41) is 12.2. The Kier molecular flexibility index (Phi) is 5.28. The van der Waals surface area contributed by atoms with Gasteiger partial charge in [-0.25, -0.2) is 0 Å². The molecule has 0 aliphatic carbocycles. The quantitative estimate of drug-likeness (QED) is 0.451. The molecule has 19 heavy (non-hydrogen) atoms. The molecule has 7 heteroatoms. The molecule has 0 aromatic heterocycles. The van der Waals surface area contributed by atoms with Crippen LogP contribution in [0.4, 0.5) is 0 Å². The maximum atomic E-state index is 11.4. The van der Waals surface area contributed by atoms with Crippen molar-refractivity contribution in [2.45, 2.75) is 64.3 Å². The van der Waals surface area contributed by atoms with E-state index < -0.39 is 23.8 Å². The normalized spacial score (nSPS) is 27.3. The molecule has 7 nitrogen and oxygen atoms in total. The van der Waals surface area contributed by atoms with Crippen LogP contribution in [0.5, 0.6) is 0 Å². The average molecular weight is 274 g/mol. The van der Waals surface area contributed by atoms with Crippen LogP contribution >= 0.6 is 0 Å². The summed E-state index contributed by atoms with van der Waals surface area (Å²) < 4.78 is 11.1. The topological polar surface area (TPSA) is 111 Å². The number of nitrogens with one attached hydrogen (secondary N) is 1. The average Bonchev–Trinajstić information content (AvgIpc) is 2.55. The highest BCUT2D eigenvalue weighted by Crippen LogP contribution is 2.27. The van der Waals surface area contributed by atoms with E-state index in [4.69, 9.17) is 15.2 Å². The van der Waals surface area contributed by atoms with E-state index in [1.54, 1.807) is 13.8 Å². The SMILES string of the molecule is CC[C@H]1O[C@@H](NC(=O)CC(N)=O)C[C@@H]1OC(C)(C)O. The van der Waals surface area contributed by atoms with E-state index in [1.807, 2.05) is 6.92 Å². The minimum atomic E-state index is -1.26. The van der Waals surface area contributed by atoms with Gasteiger partial charge in [-0.05, 0) is 20.3 Å². The smallest absolute Gasteiger partial charge is 0.231 e. The molecule has 0 unspecified atom stereocenters. The first-order chi connectivity index (χ1) is 8.71. The van der Waals surface area contributed by atoms with Gasteiger partial charge in [0.1, 0.15) is 12.6 Å². The highest BCUT2D eigenvalue weighted by molar-refractivity contribution is 5.96. The number of primary amides is 1. The van der Waals surface area contributed by atoms with E-state index >= 15 is 0 Å². The highest BCUT2D eigenvalue weighted by Gasteiger charge is 2.38. The van der Waals surface area contributed by atoms with Gasteiger partial charge in [0.15, 0.2) is 5.79 Å². The van der Waals surface area contributed by atoms with Crippen LogP contribution in [0.1, 0.15) is 40.0 Å². The van der Waals surface area contributed by atoms with Crippen LogP contribution in [0.2, 0.25) is 0 Å². The predicted octanol–water partition coefficient (Wildman–Crippen LogP) is -0.383. The first kappa shape index (κ1) is 15.9. The number of hydrogen-bond acceptors (Lipinski definition) is 5. The van der Waals surface area contributed by atoms with Crippen molar-refractivity contribution in [3.63, 3.8) is 0 Å². The molecule has 4 N–H and O–H groups in total. The highest BCUT2D eigenvalue weighted by atomic mass is 16.6. The number of aliphatic hydroxyl groups is 1. The van der Waals surface area contributed by atoms with Gasteiger partial charge in [0.25, 0.3) is 0 Å². The van der Waals surface area contributed by atoms with Gasteiger partial charge in [-0.3, -0.25) is 9.59 Å². The van der Waals surface area contributed by atoms with Crippen molar-refractivity contribution in [1.29, 1.82) is 0 Å². The number of ether oxygens (including phenoxy) is 2. The van der Waals surface area contributed by atoms with E-state index in [9.17, 15) is 14.7 Å². The third-order valence-electron chi connectivity index (χ3n) is 2.70. The molecule has 0 aromatic carbocycles. The van der Waals surface area contributed by atoms with Crippen molar-refractivity contribution < 1.29 is 24.2 Å². The zero-order valence-electron chi connectivity index (χ0n) is 11.5. The fourth-order valence-electron chi connectivity index (χ4n) is 2.05. The van der Waals surface area contributed by atoms with Crippen LogP contribution in [0.25, 0.3) is 0 Å². The Hall–Kier alpha value is -1.18. The zero-order valence-corrected chi connectivity index (χ0v) is 11.5. The minimum absolute atomic E-state index is 0.203. The van der Waals surface area contributed by atoms with Gasteiger partial charge in [0, 0.05) is 6.42 Å². The van der Waals surface area contributed by atoms with Crippen LogP contribution in [0, 0.1) is 0 Å². The summed E-state index contributed by atoms with van der Waals surface area (Å²) in [5.74, 6) is -2.42. The Balaban J connectivity index is 2.52. The summed E-state index contributed by atoms with van der Waals surface area (Å²) in [6.07, 6.45) is -0.276.